The zero-order chi connectivity index (χ0) is 54.6. The molecule has 12 rings (SSSR count). The number of carbonyl (C=O) groups is 1. The lowest BCUT2D eigenvalue weighted by molar-refractivity contribution is 0.0994. The highest BCUT2D eigenvalue weighted by Gasteiger charge is 2.18. The first-order valence-corrected chi connectivity index (χ1v) is 24.3. The van der Waals surface area contributed by atoms with E-state index >= 15 is 0 Å². The van der Waals surface area contributed by atoms with Crippen LogP contribution in [-0.4, -0.2) is 64.0 Å². The van der Waals surface area contributed by atoms with Gasteiger partial charge < -0.3 is 5.73 Å². The van der Waals surface area contributed by atoms with Gasteiger partial charge in [0.05, 0.1) is 52.8 Å². The topological polar surface area (TPSA) is 220 Å². The number of pyridine rings is 9. The number of nitrogens with zero attached hydrogens (tertiary/aromatic N) is 14. The molecule has 1 amide bonds. The van der Waals surface area contributed by atoms with Gasteiger partial charge in [0.2, 0.25) is 0 Å². The number of imidazole rings is 3. The van der Waals surface area contributed by atoms with Crippen LogP contribution in [-0.2, 0) is 0 Å². The maximum absolute atomic E-state index is 13.1. The number of aryl methyl sites for hydroxylation is 5. The normalized spacial score (nSPS) is 10.9. The van der Waals surface area contributed by atoms with Gasteiger partial charge in [0.25, 0.3) is 12.3 Å². The van der Waals surface area contributed by atoms with Crippen molar-refractivity contribution in [3.05, 3.63) is 216 Å². The molecule has 380 valence electrons. The fourth-order valence-electron chi connectivity index (χ4n) is 8.78. The molecule has 2 N–H and O–H groups in total. The van der Waals surface area contributed by atoms with Crippen LogP contribution in [0.25, 0.3) is 84.5 Å². The van der Waals surface area contributed by atoms with Crippen LogP contribution in [0.4, 0.5) is 8.78 Å². The minimum absolute atomic E-state index is 0.247. The quantitative estimate of drug-likeness (QED) is 0.150. The predicted molar refractivity (Wildman–Crippen MR) is 292 cm³/mol. The first-order chi connectivity index (χ1) is 37.7. The Bertz CT molecular complexity index is 4170. The molecule has 12 aromatic rings. The first-order valence-electron chi connectivity index (χ1n) is 24.3. The van der Waals surface area contributed by atoms with E-state index in [1.807, 2.05) is 150 Å². The molecule has 0 saturated carbocycles. The summed E-state index contributed by atoms with van der Waals surface area (Å²) in [4.78, 5) is 51.5. The van der Waals surface area contributed by atoms with Gasteiger partial charge in [0.15, 0.2) is 0 Å². The van der Waals surface area contributed by atoms with Gasteiger partial charge in [-0.3, -0.25) is 42.9 Å². The number of aromatic nitrogens is 12. The molecule has 0 atom stereocenters. The number of nitrogens with two attached hydrogens (primary N) is 1. The second-order valence-corrected chi connectivity index (χ2v) is 18.1. The molecule has 0 aliphatic heterocycles. The summed E-state index contributed by atoms with van der Waals surface area (Å²) in [7, 11) is 0. The van der Waals surface area contributed by atoms with Crippen molar-refractivity contribution >= 4 is 22.8 Å². The van der Waals surface area contributed by atoms with Gasteiger partial charge in [-0.15, -0.1) is 0 Å². The van der Waals surface area contributed by atoms with Crippen LogP contribution in [0.5, 0.6) is 0 Å². The van der Waals surface area contributed by atoms with Crippen molar-refractivity contribution in [3.8, 4) is 79.7 Å². The average molecular weight is 1030 g/mol. The molecule has 78 heavy (non-hydrogen) atoms. The van der Waals surface area contributed by atoms with Gasteiger partial charge in [-0.25, -0.2) is 28.7 Å². The molecule has 0 aliphatic carbocycles. The summed E-state index contributed by atoms with van der Waals surface area (Å²) >= 11 is 0. The molecule has 0 fully saturated rings. The van der Waals surface area contributed by atoms with Gasteiger partial charge in [-0.2, -0.15) is 10.5 Å². The van der Waals surface area contributed by atoms with E-state index in [2.05, 4.69) is 47.0 Å². The van der Waals surface area contributed by atoms with E-state index in [0.717, 1.165) is 90.4 Å². The first kappa shape index (κ1) is 50.8. The monoisotopic (exact) mass is 1030 g/mol. The molecule has 0 aliphatic rings. The third kappa shape index (κ3) is 10.5. The van der Waals surface area contributed by atoms with Crippen LogP contribution in [0, 0.1) is 57.3 Å². The number of halogens is 2. The molecular formula is C60H45F2N15O. The Morgan fingerprint density at radius 2 is 0.833 bits per heavy atom. The highest BCUT2D eigenvalue weighted by molar-refractivity contribution is 5.92. The van der Waals surface area contributed by atoms with Crippen LogP contribution < -0.4 is 5.73 Å². The van der Waals surface area contributed by atoms with Crippen LogP contribution in [0.3, 0.4) is 0 Å². The van der Waals surface area contributed by atoms with Crippen molar-refractivity contribution in [1.29, 1.82) is 10.5 Å². The smallest absolute Gasteiger partial charge is 0.280 e. The lowest BCUT2D eigenvalue weighted by Gasteiger charge is -2.11. The second kappa shape index (κ2) is 21.6. The molecule has 0 bridgehead atoms. The van der Waals surface area contributed by atoms with E-state index in [-0.39, 0.29) is 11.4 Å². The minimum Gasteiger partial charge on any atom is -0.364 e. The summed E-state index contributed by atoms with van der Waals surface area (Å²) in [5.74, 6) is -0.599. The maximum Gasteiger partial charge on any atom is 0.280 e. The molecule has 0 spiro atoms. The molecule has 0 aromatic carbocycles. The minimum atomic E-state index is -2.67. The van der Waals surface area contributed by atoms with E-state index in [1.165, 1.54) is 18.3 Å². The predicted octanol–water partition coefficient (Wildman–Crippen LogP) is 11.7. The van der Waals surface area contributed by atoms with E-state index in [1.54, 1.807) is 43.9 Å². The van der Waals surface area contributed by atoms with Crippen molar-refractivity contribution < 1.29 is 13.6 Å². The molecule has 12 aromatic heterocycles. The van der Waals surface area contributed by atoms with Crippen LogP contribution in [0.2, 0.25) is 0 Å². The zero-order valence-corrected chi connectivity index (χ0v) is 42.7. The molecular weight excluding hydrogens is 985 g/mol. The largest absolute Gasteiger partial charge is 0.364 e. The number of carbonyl (C=O) groups excluding carboxylic acids is 1. The molecule has 0 unspecified atom stereocenters. The van der Waals surface area contributed by atoms with Crippen LogP contribution >= 0.6 is 0 Å². The fourth-order valence-corrected chi connectivity index (χ4v) is 8.78. The highest BCUT2D eigenvalue weighted by atomic mass is 19.3. The van der Waals surface area contributed by atoms with E-state index in [4.69, 9.17) is 15.7 Å². The number of amides is 1. The lowest BCUT2D eigenvalue weighted by atomic mass is 10.0. The standard InChI is InChI=1S/C20H15F2N5O.2C20H15N5/c1-11-5-7-13(18(25-11)14-3-2-4-15(26-14)19(21)22)12-6-8-17-24-9-16(20(23)28)27(17)10-12;2*1-13-4-3-5-18(23-13)20-17(8-6-14(2)24-20)15-7-9-19-22-11-16(10-21)25(19)12-15/h2-10,19H,1H3,(H2,23,28);2*3-9,11-12H,1-2H3. The highest BCUT2D eigenvalue weighted by Crippen LogP contribution is 2.34. The summed E-state index contributed by atoms with van der Waals surface area (Å²) in [6.07, 6.45) is 7.46. The summed E-state index contributed by atoms with van der Waals surface area (Å²) in [6, 6.07) is 43.7. The van der Waals surface area contributed by atoms with Gasteiger partial charge in [0, 0.05) is 80.4 Å². The Balaban J connectivity index is 0.000000133. The SMILES string of the molecule is Cc1ccc(-c2ccc3ncc(C(N)=O)n3c2)c(-c2cccc(C(F)F)n2)n1.Cc1cccc(-c2nc(C)ccc2-c2ccc3ncc(C#N)n3c2)n1.Cc1cccc(-c2nc(C)ccc2-c2ccc3ncc(C#N)n3c2)n1. The number of nitriles is 2. The summed E-state index contributed by atoms with van der Waals surface area (Å²) in [6.45, 7) is 9.69. The van der Waals surface area contributed by atoms with Gasteiger partial charge in [0.1, 0.15) is 51.9 Å². The van der Waals surface area contributed by atoms with E-state index in [0.29, 0.717) is 34.0 Å². The Morgan fingerprint density at radius 1 is 0.462 bits per heavy atom. The molecule has 18 heteroatoms. The number of fused-ring (bicyclic) bond motifs is 3. The molecule has 16 nitrogen and oxygen atoms in total. The van der Waals surface area contributed by atoms with E-state index < -0.39 is 12.3 Å². The summed E-state index contributed by atoms with van der Waals surface area (Å²) in [5, 5.41) is 18.5. The van der Waals surface area contributed by atoms with Crippen molar-refractivity contribution in [3.63, 3.8) is 0 Å². The maximum atomic E-state index is 13.1. The van der Waals surface area contributed by atoms with Crippen molar-refractivity contribution in [2.24, 2.45) is 5.73 Å². The molecule has 0 saturated heterocycles. The fraction of sp³-hybridized carbons (Fsp3) is 0.100. The van der Waals surface area contributed by atoms with Crippen molar-refractivity contribution in [2.45, 2.75) is 41.0 Å². The van der Waals surface area contributed by atoms with Gasteiger partial charge >= 0.3 is 0 Å². The van der Waals surface area contributed by atoms with Crippen LogP contribution in [0.15, 0.2) is 165 Å². The lowest BCUT2D eigenvalue weighted by Crippen LogP contribution is -2.13. The Morgan fingerprint density at radius 3 is 1.23 bits per heavy atom. The zero-order valence-electron chi connectivity index (χ0n) is 42.7. The van der Waals surface area contributed by atoms with Gasteiger partial charge in [-0.05, 0) is 126 Å². The Hall–Kier alpha value is -10.7. The molecule has 0 radical (unpaired) electrons. The van der Waals surface area contributed by atoms with Crippen LogP contribution in [0.1, 0.15) is 62.5 Å². The number of hydrogen-bond acceptors (Lipinski definition) is 12. The molecule has 12 heterocycles. The number of alkyl halides is 2. The second-order valence-electron chi connectivity index (χ2n) is 18.1. The Kier molecular flexibility index (Phi) is 14.1. The summed E-state index contributed by atoms with van der Waals surface area (Å²) in [5.41, 5.74) is 22.4. The third-order valence-corrected chi connectivity index (χ3v) is 12.5. The number of hydrogen-bond donors (Lipinski definition) is 1. The van der Waals surface area contributed by atoms with Crippen molar-refractivity contribution in [2.75, 3.05) is 0 Å². The average Bonchev–Trinajstić information content (AvgIpc) is 4.29. The van der Waals surface area contributed by atoms with Crippen molar-refractivity contribution in [1.82, 2.24) is 58.1 Å². The van der Waals surface area contributed by atoms with E-state index in [9.17, 15) is 24.1 Å². The summed E-state index contributed by atoms with van der Waals surface area (Å²) < 4.78 is 31.4. The van der Waals surface area contributed by atoms with Gasteiger partial charge in [-0.1, -0.05) is 36.4 Å². The number of rotatable bonds is 8. The third-order valence-electron chi connectivity index (χ3n) is 12.5. The number of primary amides is 1. The Labute approximate surface area is 445 Å².